The largest absolute Gasteiger partial charge is 0.419 e. The Balaban J connectivity index is 2.46. The van der Waals surface area contributed by atoms with E-state index in [4.69, 9.17) is 0 Å². The van der Waals surface area contributed by atoms with Crippen molar-refractivity contribution >= 4 is 11.8 Å². The van der Waals surface area contributed by atoms with E-state index in [1.54, 1.807) is 0 Å². The Morgan fingerprint density at radius 3 is 2.40 bits per heavy atom. The summed E-state index contributed by atoms with van der Waals surface area (Å²) >= 11 is 1.52. The second-order valence-electron chi connectivity index (χ2n) is 5.74. The summed E-state index contributed by atoms with van der Waals surface area (Å²) in [5.41, 5.74) is -2.92. The van der Waals surface area contributed by atoms with Crippen molar-refractivity contribution in [2.24, 2.45) is 5.41 Å². The summed E-state index contributed by atoms with van der Waals surface area (Å²) in [6.45, 7) is 3.70. The molecule has 6 heteroatoms. The van der Waals surface area contributed by atoms with Gasteiger partial charge in [0.2, 0.25) is 0 Å². The first kappa shape index (κ1) is 15.6. The topological polar surface area (TPSA) is 20.2 Å². The molecule has 1 N–H and O–H groups in total. The number of hydrogen-bond acceptors (Lipinski definition) is 2. The number of hydrogen-bond donors (Lipinski definition) is 1. The molecular formula is C14H16F4OS. The van der Waals surface area contributed by atoms with Gasteiger partial charge in [-0.2, -0.15) is 24.9 Å². The van der Waals surface area contributed by atoms with E-state index in [1.807, 2.05) is 13.8 Å². The van der Waals surface area contributed by atoms with Crippen LogP contribution in [0.3, 0.4) is 0 Å². The van der Waals surface area contributed by atoms with Crippen molar-refractivity contribution < 1.29 is 22.7 Å². The van der Waals surface area contributed by atoms with Crippen LogP contribution in [0.4, 0.5) is 17.6 Å². The molecule has 1 aliphatic rings. The van der Waals surface area contributed by atoms with Gasteiger partial charge in [0, 0.05) is 5.75 Å². The lowest BCUT2D eigenvalue weighted by atomic mass is 9.70. The van der Waals surface area contributed by atoms with E-state index < -0.39 is 28.6 Å². The molecule has 1 heterocycles. The van der Waals surface area contributed by atoms with E-state index in [2.05, 4.69) is 0 Å². The molecule has 112 valence electrons. The van der Waals surface area contributed by atoms with Crippen LogP contribution in [0.25, 0.3) is 0 Å². The van der Waals surface area contributed by atoms with Crippen molar-refractivity contribution in [2.45, 2.75) is 32.0 Å². The number of rotatable bonds is 1. The zero-order valence-electron chi connectivity index (χ0n) is 11.2. The van der Waals surface area contributed by atoms with Crippen molar-refractivity contribution in [3.05, 3.63) is 35.1 Å². The van der Waals surface area contributed by atoms with Gasteiger partial charge < -0.3 is 5.11 Å². The van der Waals surface area contributed by atoms with Crippen LogP contribution in [0.15, 0.2) is 18.2 Å². The Hall–Kier alpha value is -0.750. The lowest BCUT2D eigenvalue weighted by Crippen LogP contribution is -2.47. The first-order valence-corrected chi connectivity index (χ1v) is 7.41. The summed E-state index contributed by atoms with van der Waals surface area (Å²) in [4.78, 5) is 0. The van der Waals surface area contributed by atoms with Crippen molar-refractivity contribution in [1.29, 1.82) is 0 Å². The smallest absolute Gasteiger partial charge is 0.384 e. The van der Waals surface area contributed by atoms with Gasteiger partial charge in [-0.1, -0.05) is 19.9 Å². The highest BCUT2D eigenvalue weighted by Gasteiger charge is 2.47. The molecule has 0 radical (unpaired) electrons. The molecule has 0 aliphatic carbocycles. The fraction of sp³-hybridized carbons (Fsp3) is 0.571. The van der Waals surface area contributed by atoms with Gasteiger partial charge in [-0.3, -0.25) is 0 Å². The number of halogens is 4. The highest BCUT2D eigenvalue weighted by atomic mass is 32.2. The Kier molecular flexibility index (Phi) is 3.84. The van der Waals surface area contributed by atoms with Gasteiger partial charge in [0.05, 0.1) is 5.56 Å². The molecule has 1 aliphatic heterocycles. The molecule has 1 fully saturated rings. The minimum Gasteiger partial charge on any atom is -0.384 e. The standard InChI is InChI=1S/C14H16F4OS/c1-12(2)5-6-20-8-13(12,19)9-3-4-10(11(15)7-9)14(16,17)18/h3-4,7,19H,5-6,8H2,1-2H3. The first-order chi connectivity index (χ1) is 9.08. The fourth-order valence-corrected chi connectivity index (χ4v) is 4.08. The van der Waals surface area contributed by atoms with E-state index in [-0.39, 0.29) is 5.56 Å². The third kappa shape index (κ3) is 2.55. The van der Waals surface area contributed by atoms with Crippen molar-refractivity contribution in [3.8, 4) is 0 Å². The SMILES string of the molecule is CC1(C)CCSCC1(O)c1ccc(C(F)(F)F)c(F)c1. The minimum absolute atomic E-state index is 0.209. The Morgan fingerprint density at radius 1 is 1.25 bits per heavy atom. The van der Waals surface area contributed by atoms with Crippen LogP contribution in [0.2, 0.25) is 0 Å². The van der Waals surface area contributed by atoms with Crippen LogP contribution in [0.5, 0.6) is 0 Å². The summed E-state index contributed by atoms with van der Waals surface area (Å²) in [7, 11) is 0. The molecule has 2 rings (SSSR count). The third-order valence-corrected chi connectivity index (χ3v) is 5.17. The monoisotopic (exact) mass is 308 g/mol. The number of benzene rings is 1. The summed E-state index contributed by atoms with van der Waals surface area (Å²) in [5.74, 6) is -0.113. The Morgan fingerprint density at radius 2 is 1.90 bits per heavy atom. The zero-order chi connectivity index (χ0) is 15.2. The summed E-state index contributed by atoms with van der Waals surface area (Å²) in [5, 5.41) is 10.8. The van der Waals surface area contributed by atoms with Crippen LogP contribution in [0.1, 0.15) is 31.4 Å². The van der Waals surface area contributed by atoms with Crippen LogP contribution in [0, 0.1) is 11.2 Å². The van der Waals surface area contributed by atoms with Gasteiger partial charge in [0.15, 0.2) is 0 Å². The molecule has 1 aromatic carbocycles. The van der Waals surface area contributed by atoms with Gasteiger partial charge in [0.25, 0.3) is 0 Å². The van der Waals surface area contributed by atoms with Gasteiger partial charge in [-0.25, -0.2) is 4.39 Å². The second-order valence-corrected chi connectivity index (χ2v) is 6.84. The van der Waals surface area contributed by atoms with Crippen molar-refractivity contribution in [3.63, 3.8) is 0 Å². The maximum atomic E-state index is 13.7. The maximum Gasteiger partial charge on any atom is 0.419 e. The quantitative estimate of drug-likeness (QED) is 0.785. The molecule has 0 aromatic heterocycles. The lowest BCUT2D eigenvalue weighted by Gasteiger charge is -2.46. The van der Waals surface area contributed by atoms with E-state index in [9.17, 15) is 22.7 Å². The zero-order valence-corrected chi connectivity index (χ0v) is 12.0. The summed E-state index contributed by atoms with van der Waals surface area (Å²) < 4.78 is 51.4. The molecule has 0 amide bonds. The fourth-order valence-electron chi connectivity index (χ4n) is 2.43. The minimum atomic E-state index is -4.72. The van der Waals surface area contributed by atoms with Gasteiger partial charge in [0.1, 0.15) is 11.4 Å². The molecule has 1 aromatic rings. The van der Waals surface area contributed by atoms with Gasteiger partial charge >= 0.3 is 6.18 Å². The third-order valence-electron chi connectivity index (χ3n) is 4.05. The van der Waals surface area contributed by atoms with Crippen LogP contribution in [-0.2, 0) is 11.8 Å². The average Bonchev–Trinajstić information content (AvgIpc) is 2.31. The molecule has 0 bridgehead atoms. The van der Waals surface area contributed by atoms with Gasteiger partial charge in [-0.05, 0) is 35.3 Å². The molecule has 1 nitrogen and oxygen atoms in total. The number of aliphatic hydroxyl groups is 1. The Bertz CT molecular complexity index is 512. The van der Waals surface area contributed by atoms with E-state index in [0.29, 0.717) is 11.8 Å². The van der Waals surface area contributed by atoms with Crippen LogP contribution in [-0.4, -0.2) is 16.6 Å². The number of alkyl halides is 3. The molecule has 1 atom stereocenters. The molecule has 0 spiro atoms. The average molecular weight is 308 g/mol. The van der Waals surface area contributed by atoms with Gasteiger partial charge in [-0.15, -0.1) is 0 Å². The van der Waals surface area contributed by atoms with E-state index in [1.165, 1.54) is 17.8 Å². The molecule has 1 saturated heterocycles. The predicted octanol–water partition coefficient (Wildman–Crippen LogP) is 4.20. The molecule has 20 heavy (non-hydrogen) atoms. The summed E-state index contributed by atoms with van der Waals surface area (Å²) in [6, 6.07) is 2.70. The molecule has 1 unspecified atom stereocenters. The summed E-state index contributed by atoms with van der Waals surface area (Å²) in [6.07, 6.45) is -4.00. The normalized spacial score (nSPS) is 26.6. The Labute approximate surface area is 119 Å². The maximum absolute atomic E-state index is 13.7. The van der Waals surface area contributed by atoms with Crippen molar-refractivity contribution in [1.82, 2.24) is 0 Å². The lowest BCUT2D eigenvalue weighted by molar-refractivity contribution is -0.140. The predicted molar refractivity (Wildman–Crippen MR) is 71.0 cm³/mol. The molecule has 0 saturated carbocycles. The van der Waals surface area contributed by atoms with Crippen LogP contribution >= 0.6 is 11.8 Å². The van der Waals surface area contributed by atoms with E-state index >= 15 is 0 Å². The number of thioether (sulfide) groups is 1. The second kappa shape index (κ2) is 4.91. The van der Waals surface area contributed by atoms with Crippen molar-refractivity contribution in [2.75, 3.05) is 11.5 Å². The first-order valence-electron chi connectivity index (χ1n) is 6.25. The highest BCUT2D eigenvalue weighted by Crippen LogP contribution is 2.49. The van der Waals surface area contributed by atoms with E-state index in [0.717, 1.165) is 18.2 Å². The molecular weight excluding hydrogens is 292 g/mol. The van der Waals surface area contributed by atoms with Crippen LogP contribution < -0.4 is 0 Å². The highest BCUT2D eigenvalue weighted by molar-refractivity contribution is 7.99.